The fourth-order valence-electron chi connectivity index (χ4n) is 2.95. The number of rotatable bonds is 8. The van der Waals surface area contributed by atoms with Gasteiger partial charge in [-0.2, -0.15) is 0 Å². The van der Waals surface area contributed by atoms with Crippen LogP contribution in [0.15, 0.2) is 71.8 Å². The van der Waals surface area contributed by atoms with Crippen LogP contribution in [-0.2, 0) is 14.8 Å². The number of methoxy groups -OCH3 is 2. The number of benzene rings is 2. The van der Waals surface area contributed by atoms with E-state index in [2.05, 4.69) is 10.3 Å². The highest BCUT2D eigenvalue weighted by Gasteiger charge is 2.30. The molecular formula is C22H23N3O5S. The molecule has 0 radical (unpaired) electrons. The lowest BCUT2D eigenvalue weighted by molar-refractivity contribution is -0.114. The molecule has 0 spiro atoms. The Morgan fingerprint density at radius 1 is 1.03 bits per heavy atom. The molecule has 1 heterocycles. The zero-order valence-electron chi connectivity index (χ0n) is 17.4. The molecule has 0 bridgehead atoms. The van der Waals surface area contributed by atoms with Crippen molar-refractivity contribution in [1.29, 1.82) is 0 Å². The van der Waals surface area contributed by atoms with Gasteiger partial charge < -0.3 is 14.8 Å². The minimum absolute atomic E-state index is 0.0465. The summed E-state index contributed by atoms with van der Waals surface area (Å²) < 4.78 is 38.6. The number of hydrogen-bond acceptors (Lipinski definition) is 6. The van der Waals surface area contributed by atoms with E-state index in [0.717, 1.165) is 4.31 Å². The number of nitrogens with one attached hydrogen (secondary N) is 1. The summed E-state index contributed by atoms with van der Waals surface area (Å²) in [5, 5.41) is 2.72. The number of nitrogens with zero attached hydrogens (tertiary/aromatic N) is 2. The van der Waals surface area contributed by atoms with Crippen molar-refractivity contribution in [1.82, 2.24) is 4.98 Å². The van der Waals surface area contributed by atoms with E-state index in [0.29, 0.717) is 17.1 Å². The Kier molecular flexibility index (Phi) is 6.76. The van der Waals surface area contributed by atoms with Crippen molar-refractivity contribution >= 4 is 27.3 Å². The first-order valence-corrected chi connectivity index (χ1v) is 10.8. The van der Waals surface area contributed by atoms with Gasteiger partial charge in [0, 0.05) is 12.3 Å². The van der Waals surface area contributed by atoms with Crippen LogP contribution in [-0.4, -0.2) is 40.1 Å². The number of pyridine rings is 1. The smallest absolute Gasteiger partial charge is 0.264 e. The van der Waals surface area contributed by atoms with E-state index in [4.69, 9.17) is 9.47 Å². The quantitative estimate of drug-likeness (QED) is 0.576. The molecule has 0 fully saturated rings. The van der Waals surface area contributed by atoms with Gasteiger partial charge in [0.25, 0.3) is 10.0 Å². The van der Waals surface area contributed by atoms with E-state index in [1.807, 2.05) is 0 Å². The van der Waals surface area contributed by atoms with Gasteiger partial charge in [-0.25, -0.2) is 8.42 Å². The third-order valence-corrected chi connectivity index (χ3v) is 6.33. The third kappa shape index (κ3) is 4.95. The SMILES string of the molecule is COc1ccc(OC)c(N(CC(=O)Nc2cccnc2C)S(=O)(=O)c2ccccc2)c1. The van der Waals surface area contributed by atoms with Gasteiger partial charge in [-0.1, -0.05) is 18.2 Å². The van der Waals surface area contributed by atoms with Crippen molar-refractivity contribution in [2.24, 2.45) is 0 Å². The Hall–Kier alpha value is -3.59. The van der Waals surface area contributed by atoms with Crippen LogP contribution in [0.25, 0.3) is 0 Å². The predicted molar refractivity (Wildman–Crippen MR) is 118 cm³/mol. The van der Waals surface area contributed by atoms with Crippen molar-refractivity contribution in [2.75, 3.05) is 30.4 Å². The number of hydrogen-bond donors (Lipinski definition) is 1. The largest absolute Gasteiger partial charge is 0.497 e. The monoisotopic (exact) mass is 441 g/mol. The molecular weight excluding hydrogens is 418 g/mol. The second-order valence-electron chi connectivity index (χ2n) is 6.55. The Morgan fingerprint density at radius 2 is 1.77 bits per heavy atom. The third-order valence-electron chi connectivity index (χ3n) is 4.55. The summed E-state index contributed by atoms with van der Waals surface area (Å²) in [4.78, 5) is 17.0. The Bertz CT molecular complexity index is 1170. The summed E-state index contributed by atoms with van der Waals surface area (Å²) in [6.45, 7) is 1.27. The van der Waals surface area contributed by atoms with Crippen LogP contribution >= 0.6 is 0 Å². The van der Waals surface area contributed by atoms with Crippen LogP contribution in [0.3, 0.4) is 0 Å². The lowest BCUT2D eigenvalue weighted by Gasteiger charge is -2.26. The first kappa shape index (κ1) is 22.1. The van der Waals surface area contributed by atoms with Crippen molar-refractivity contribution in [3.63, 3.8) is 0 Å². The molecule has 0 aliphatic heterocycles. The molecule has 0 aliphatic carbocycles. The summed E-state index contributed by atoms with van der Waals surface area (Å²) in [5.41, 5.74) is 1.30. The molecule has 0 saturated carbocycles. The zero-order chi connectivity index (χ0) is 22.4. The highest BCUT2D eigenvalue weighted by atomic mass is 32.2. The van der Waals surface area contributed by atoms with Gasteiger partial charge in [-0.15, -0.1) is 0 Å². The average molecular weight is 442 g/mol. The highest BCUT2D eigenvalue weighted by Crippen LogP contribution is 2.35. The van der Waals surface area contributed by atoms with Crippen LogP contribution in [0.2, 0.25) is 0 Å². The van der Waals surface area contributed by atoms with Crippen LogP contribution < -0.4 is 19.1 Å². The highest BCUT2D eigenvalue weighted by molar-refractivity contribution is 7.92. The van der Waals surface area contributed by atoms with Crippen molar-refractivity contribution in [3.05, 3.63) is 72.6 Å². The molecule has 3 aromatic rings. The number of carbonyl (C=O) groups is 1. The maximum Gasteiger partial charge on any atom is 0.264 e. The van der Waals surface area contributed by atoms with E-state index in [1.165, 1.54) is 32.4 Å². The molecule has 0 saturated heterocycles. The van der Waals surface area contributed by atoms with Crippen LogP contribution in [0.1, 0.15) is 5.69 Å². The number of amides is 1. The molecule has 162 valence electrons. The minimum Gasteiger partial charge on any atom is -0.497 e. The summed E-state index contributed by atoms with van der Waals surface area (Å²) in [6.07, 6.45) is 1.61. The molecule has 31 heavy (non-hydrogen) atoms. The minimum atomic E-state index is -4.09. The van der Waals surface area contributed by atoms with Gasteiger partial charge in [-0.05, 0) is 43.3 Å². The van der Waals surface area contributed by atoms with E-state index in [1.54, 1.807) is 55.6 Å². The second kappa shape index (κ2) is 9.48. The number of sulfonamides is 1. The normalized spacial score (nSPS) is 10.9. The zero-order valence-corrected chi connectivity index (χ0v) is 18.2. The molecule has 1 amide bonds. The first-order chi connectivity index (χ1) is 14.9. The summed E-state index contributed by atoms with van der Waals surface area (Å²) in [7, 11) is -1.19. The summed E-state index contributed by atoms with van der Waals surface area (Å²) in [6, 6.07) is 16.0. The number of carbonyl (C=O) groups excluding carboxylic acids is 1. The van der Waals surface area contributed by atoms with E-state index in [-0.39, 0.29) is 16.3 Å². The van der Waals surface area contributed by atoms with Gasteiger partial charge in [0.1, 0.15) is 18.0 Å². The Labute approximate surface area is 181 Å². The van der Waals surface area contributed by atoms with Gasteiger partial charge in [0.05, 0.1) is 36.2 Å². The van der Waals surface area contributed by atoms with Crippen LogP contribution in [0, 0.1) is 6.92 Å². The van der Waals surface area contributed by atoms with Gasteiger partial charge in [-0.3, -0.25) is 14.1 Å². The molecule has 0 aliphatic rings. The molecule has 3 rings (SSSR count). The van der Waals surface area contributed by atoms with Gasteiger partial charge >= 0.3 is 0 Å². The maximum atomic E-state index is 13.5. The summed E-state index contributed by atoms with van der Waals surface area (Å²) >= 11 is 0. The molecule has 8 nitrogen and oxygen atoms in total. The van der Waals surface area contributed by atoms with Crippen molar-refractivity contribution < 1.29 is 22.7 Å². The fraction of sp³-hybridized carbons (Fsp3) is 0.182. The number of aromatic nitrogens is 1. The molecule has 0 atom stereocenters. The second-order valence-corrected chi connectivity index (χ2v) is 8.41. The first-order valence-electron chi connectivity index (χ1n) is 9.38. The van der Waals surface area contributed by atoms with Gasteiger partial charge in [0.15, 0.2) is 0 Å². The topological polar surface area (TPSA) is 97.8 Å². The average Bonchev–Trinajstić information content (AvgIpc) is 2.79. The summed E-state index contributed by atoms with van der Waals surface area (Å²) in [5.74, 6) is 0.179. The number of anilines is 2. The van der Waals surface area contributed by atoms with E-state index >= 15 is 0 Å². The lowest BCUT2D eigenvalue weighted by atomic mass is 10.2. The van der Waals surface area contributed by atoms with Crippen LogP contribution in [0.5, 0.6) is 11.5 Å². The molecule has 1 aromatic heterocycles. The van der Waals surface area contributed by atoms with E-state index in [9.17, 15) is 13.2 Å². The van der Waals surface area contributed by atoms with Gasteiger partial charge in [0.2, 0.25) is 5.91 Å². The molecule has 1 N–H and O–H groups in total. The van der Waals surface area contributed by atoms with Crippen molar-refractivity contribution in [3.8, 4) is 11.5 Å². The number of ether oxygens (including phenoxy) is 2. The van der Waals surface area contributed by atoms with Crippen LogP contribution in [0.4, 0.5) is 11.4 Å². The standard InChI is InChI=1S/C22H23N3O5S/c1-16-19(10-7-13-23-16)24-22(26)15-25(31(27,28)18-8-5-4-6-9-18)20-14-17(29-2)11-12-21(20)30-3/h4-14H,15H2,1-3H3,(H,24,26). The maximum absolute atomic E-state index is 13.5. The Balaban J connectivity index is 2.05. The predicted octanol–water partition coefficient (Wildman–Crippen LogP) is 3.24. The molecule has 2 aromatic carbocycles. The number of aryl methyl sites for hydroxylation is 1. The lowest BCUT2D eigenvalue weighted by Crippen LogP contribution is -2.38. The molecule has 0 unspecified atom stereocenters. The molecule has 9 heteroatoms. The van der Waals surface area contributed by atoms with Crippen molar-refractivity contribution in [2.45, 2.75) is 11.8 Å². The van der Waals surface area contributed by atoms with E-state index < -0.39 is 22.5 Å². The fourth-order valence-corrected chi connectivity index (χ4v) is 4.39. The Morgan fingerprint density at radius 3 is 2.42 bits per heavy atom.